The summed E-state index contributed by atoms with van der Waals surface area (Å²) in [6.07, 6.45) is -0.959. The maximum absolute atomic E-state index is 12.9. The second kappa shape index (κ2) is 9.81. The van der Waals surface area contributed by atoms with Crippen LogP contribution in [0.25, 0.3) is 0 Å². The first-order valence-electron chi connectivity index (χ1n) is 9.89. The number of rotatable bonds is 5. The number of carbonyl (C=O) groups excluding carboxylic acids is 1. The van der Waals surface area contributed by atoms with Crippen molar-refractivity contribution < 1.29 is 47.3 Å². The fourth-order valence-corrected chi connectivity index (χ4v) is 6.95. The smallest absolute Gasteiger partial charge is 0.395 e. The highest BCUT2D eigenvalue weighted by Gasteiger charge is 2.67. The van der Waals surface area contributed by atoms with Gasteiger partial charge in [-0.2, -0.15) is 0 Å². The van der Waals surface area contributed by atoms with E-state index in [0.717, 1.165) is 6.07 Å². The SMILES string of the molecule is O=C(Oc1ccccc1)Oc1ccc(C2OP(=O)(O)C(O)(Cc3cccnc3)P(=O)(O)O2)cc1Cl. The van der Waals surface area contributed by atoms with Gasteiger partial charge >= 0.3 is 21.3 Å². The van der Waals surface area contributed by atoms with Gasteiger partial charge in [0.05, 0.1) is 5.02 Å². The molecule has 2 atom stereocenters. The number of aliphatic hydroxyl groups is 1. The predicted molar refractivity (Wildman–Crippen MR) is 122 cm³/mol. The monoisotopic (exact) mass is 541 g/mol. The maximum atomic E-state index is 12.9. The second-order valence-electron chi connectivity index (χ2n) is 7.35. The molecule has 3 N–H and O–H groups in total. The molecule has 1 fully saturated rings. The molecule has 4 rings (SSSR count). The van der Waals surface area contributed by atoms with Crippen LogP contribution in [0.15, 0.2) is 73.1 Å². The molecule has 184 valence electrons. The Kier molecular flexibility index (Phi) is 7.15. The summed E-state index contributed by atoms with van der Waals surface area (Å²) in [5.41, 5.74) is 0.155. The third-order valence-corrected chi connectivity index (χ3v) is 9.80. The summed E-state index contributed by atoms with van der Waals surface area (Å²) in [6.45, 7) is 0. The van der Waals surface area contributed by atoms with E-state index < -0.39 is 39.1 Å². The topological polar surface area (TPSA) is 162 Å². The maximum Gasteiger partial charge on any atom is 0.519 e. The lowest BCUT2D eigenvalue weighted by molar-refractivity contribution is -0.0579. The van der Waals surface area contributed by atoms with Crippen molar-refractivity contribution in [1.82, 2.24) is 4.98 Å². The average Bonchev–Trinajstić information content (AvgIpc) is 2.80. The van der Waals surface area contributed by atoms with Gasteiger partial charge in [-0.25, -0.2) is 4.79 Å². The van der Waals surface area contributed by atoms with Crippen molar-refractivity contribution in [3.8, 4) is 11.5 Å². The molecule has 2 aromatic carbocycles. The molecule has 1 aliphatic rings. The molecule has 2 unspecified atom stereocenters. The van der Waals surface area contributed by atoms with Crippen LogP contribution in [0.4, 0.5) is 4.79 Å². The summed E-state index contributed by atoms with van der Waals surface area (Å²) in [6, 6.07) is 14.6. The highest BCUT2D eigenvalue weighted by Crippen LogP contribution is 2.79. The van der Waals surface area contributed by atoms with Gasteiger partial charge in [0.25, 0.3) is 5.08 Å². The number of nitrogens with zero attached hydrogens (tertiary/aromatic N) is 1. The first kappa shape index (κ1) is 25.5. The summed E-state index contributed by atoms with van der Waals surface area (Å²) >= 11 is 6.14. The van der Waals surface area contributed by atoms with Gasteiger partial charge in [0.2, 0.25) is 6.29 Å². The van der Waals surface area contributed by atoms with E-state index in [1.165, 1.54) is 36.7 Å². The zero-order valence-electron chi connectivity index (χ0n) is 17.6. The van der Waals surface area contributed by atoms with Crippen LogP contribution in [0.3, 0.4) is 0 Å². The van der Waals surface area contributed by atoms with Crippen LogP contribution in [0, 0.1) is 0 Å². The van der Waals surface area contributed by atoms with Crippen LogP contribution >= 0.6 is 26.8 Å². The first-order valence-corrected chi connectivity index (χ1v) is 13.4. The molecule has 35 heavy (non-hydrogen) atoms. The Hall–Kier alpha value is -2.59. The van der Waals surface area contributed by atoms with Crippen molar-refractivity contribution in [2.75, 3.05) is 0 Å². The highest BCUT2D eigenvalue weighted by atomic mass is 35.5. The van der Waals surface area contributed by atoms with E-state index in [0.29, 0.717) is 0 Å². The Balaban J connectivity index is 1.52. The van der Waals surface area contributed by atoms with Crippen LogP contribution in [-0.2, 0) is 24.6 Å². The molecule has 0 amide bonds. The van der Waals surface area contributed by atoms with Crippen molar-refractivity contribution in [3.05, 3.63) is 89.2 Å². The van der Waals surface area contributed by atoms with Crippen LogP contribution < -0.4 is 9.47 Å². The summed E-state index contributed by atoms with van der Waals surface area (Å²) in [7, 11) is -10.3. The minimum Gasteiger partial charge on any atom is -0.395 e. The molecule has 1 aromatic heterocycles. The number of benzene rings is 2. The Morgan fingerprint density at radius 2 is 1.71 bits per heavy atom. The molecule has 3 aromatic rings. The number of halogens is 1. The number of hydrogen-bond donors (Lipinski definition) is 3. The Morgan fingerprint density at radius 1 is 1.03 bits per heavy atom. The van der Waals surface area contributed by atoms with Gasteiger partial charge in [0.1, 0.15) is 5.75 Å². The van der Waals surface area contributed by atoms with Gasteiger partial charge in [0, 0.05) is 24.4 Å². The minimum absolute atomic E-state index is 0.0502. The number of ether oxygens (including phenoxy) is 2. The molecule has 2 heterocycles. The predicted octanol–water partition coefficient (Wildman–Crippen LogP) is 4.62. The Labute approximate surface area is 203 Å². The molecule has 0 aliphatic carbocycles. The number of carbonyl (C=O) groups is 1. The first-order chi connectivity index (χ1) is 16.5. The number of pyridine rings is 1. The summed E-state index contributed by atoms with van der Waals surface area (Å²) in [5, 5.41) is 7.47. The summed E-state index contributed by atoms with van der Waals surface area (Å²) < 4.78 is 45.9. The fourth-order valence-electron chi connectivity index (χ4n) is 3.15. The summed E-state index contributed by atoms with van der Waals surface area (Å²) in [5.74, 6) is 0.116. The lowest BCUT2D eigenvalue weighted by atomic mass is 10.2. The van der Waals surface area contributed by atoms with Gasteiger partial charge in [-0.15, -0.1) is 0 Å². The van der Waals surface area contributed by atoms with Crippen molar-refractivity contribution in [3.63, 3.8) is 0 Å². The van der Waals surface area contributed by atoms with Crippen LogP contribution in [0.5, 0.6) is 11.5 Å². The Bertz CT molecular complexity index is 1300. The van der Waals surface area contributed by atoms with Crippen LogP contribution in [-0.4, -0.2) is 31.1 Å². The van der Waals surface area contributed by atoms with Crippen molar-refractivity contribution >= 4 is 32.9 Å². The highest BCUT2D eigenvalue weighted by molar-refractivity contribution is 7.73. The van der Waals surface area contributed by atoms with E-state index in [9.17, 15) is 28.8 Å². The van der Waals surface area contributed by atoms with E-state index in [4.69, 9.17) is 30.1 Å². The molecule has 1 aliphatic heterocycles. The third-order valence-electron chi connectivity index (χ3n) is 4.91. The average molecular weight is 542 g/mol. The normalized spacial score (nSPS) is 28.3. The van der Waals surface area contributed by atoms with E-state index in [1.54, 1.807) is 30.3 Å². The number of aromatic nitrogens is 1. The fraction of sp³-hybridized carbons (Fsp3) is 0.143. The zero-order valence-corrected chi connectivity index (χ0v) is 20.2. The van der Waals surface area contributed by atoms with Gasteiger partial charge in [-0.3, -0.25) is 23.2 Å². The van der Waals surface area contributed by atoms with Gasteiger partial charge < -0.3 is 24.4 Å². The molecule has 0 saturated carbocycles. The van der Waals surface area contributed by atoms with E-state index >= 15 is 0 Å². The third kappa shape index (κ3) is 5.33. The van der Waals surface area contributed by atoms with Crippen LogP contribution in [0.1, 0.15) is 17.4 Å². The zero-order chi connectivity index (χ0) is 25.3. The van der Waals surface area contributed by atoms with Crippen LogP contribution in [0.2, 0.25) is 5.02 Å². The van der Waals surface area contributed by atoms with Gasteiger partial charge in [0.15, 0.2) is 5.75 Å². The lowest BCUT2D eigenvalue weighted by Gasteiger charge is -2.41. The van der Waals surface area contributed by atoms with E-state index in [1.807, 2.05) is 0 Å². The van der Waals surface area contributed by atoms with Crippen molar-refractivity contribution in [2.45, 2.75) is 17.8 Å². The van der Waals surface area contributed by atoms with Gasteiger partial charge in [-0.05, 0) is 35.9 Å². The molecule has 0 spiro atoms. The lowest BCUT2D eigenvalue weighted by Crippen LogP contribution is -2.37. The molecular weight excluding hydrogens is 524 g/mol. The number of para-hydroxylation sites is 1. The quantitative estimate of drug-likeness (QED) is 0.235. The van der Waals surface area contributed by atoms with Crippen molar-refractivity contribution in [1.29, 1.82) is 0 Å². The molecule has 11 nitrogen and oxygen atoms in total. The standard InChI is InChI=1S/C21H18ClNO10P2/c22-17-11-15(8-9-18(17)31-20(24)30-16-6-2-1-3-7-16)19-32-34(26,27)21(25,35(28,29)33-19)12-14-5-4-10-23-13-14/h1-11,13,19,25H,12H2,(H,26,27)(H,28,29). The molecular formula is C21H18ClNO10P2. The molecule has 0 radical (unpaired) electrons. The largest absolute Gasteiger partial charge is 0.519 e. The van der Waals surface area contributed by atoms with E-state index in [-0.39, 0.29) is 27.6 Å². The number of hydrogen-bond acceptors (Lipinski definition) is 9. The second-order valence-corrected chi connectivity index (χ2v) is 12.1. The molecule has 1 saturated heterocycles. The molecule has 0 bridgehead atoms. The Morgan fingerprint density at radius 3 is 2.31 bits per heavy atom. The minimum atomic E-state index is -5.16. The van der Waals surface area contributed by atoms with Crippen molar-refractivity contribution in [2.24, 2.45) is 0 Å². The van der Waals surface area contributed by atoms with E-state index in [2.05, 4.69) is 4.98 Å². The molecule has 14 heteroatoms. The summed E-state index contributed by atoms with van der Waals surface area (Å²) in [4.78, 5) is 36.7. The van der Waals surface area contributed by atoms with Gasteiger partial charge in [-0.1, -0.05) is 41.9 Å².